The van der Waals surface area contributed by atoms with Gasteiger partial charge >= 0.3 is 0 Å². The molecular weight excluding hydrogens is 208 g/mol. The Labute approximate surface area is 104 Å². The van der Waals surface area contributed by atoms with Gasteiger partial charge < -0.3 is 0 Å². The van der Waals surface area contributed by atoms with Crippen LogP contribution in [-0.4, -0.2) is 5.78 Å². The summed E-state index contributed by atoms with van der Waals surface area (Å²) >= 11 is 0. The summed E-state index contributed by atoms with van der Waals surface area (Å²) in [7, 11) is 0. The van der Waals surface area contributed by atoms with Gasteiger partial charge in [-0.3, -0.25) is 4.79 Å². The average molecular weight is 230 g/mol. The van der Waals surface area contributed by atoms with Crippen molar-refractivity contribution < 1.29 is 4.79 Å². The largest absolute Gasteiger partial charge is 0.295 e. The van der Waals surface area contributed by atoms with E-state index < -0.39 is 0 Å². The van der Waals surface area contributed by atoms with Gasteiger partial charge in [-0.2, -0.15) is 0 Å². The average Bonchev–Trinajstić information content (AvgIpc) is 2.38. The minimum Gasteiger partial charge on any atom is -0.295 e. The molecule has 1 heteroatoms. The van der Waals surface area contributed by atoms with E-state index in [1.807, 2.05) is 6.07 Å². The van der Waals surface area contributed by atoms with Crippen LogP contribution >= 0.6 is 0 Å². The maximum absolute atomic E-state index is 11.5. The monoisotopic (exact) mass is 230 g/mol. The van der Waals surface area contributed by atoms with Crippen LogP contribution in [0.15, 0.2) is 18.2 Å². The van der Waals surface area contributed by atoms with Gasteiger partial charge in [0.2, 0.25) is 0 Å². The fourth-order valence-electron chi connectivity index (χ4n) is 3.23. The molecular formula is C16H22O. The highest BCUT2D eigenvalue weighted by Crippen LogP contribution is 2.53. The molecule has 0 spiro atoms. The van der Waals surface area contributed by atoms with Crippen LogP contribution in [-0.2, 0) is 10.8 Å². The van der Waals surface area contributed by atoms with Crippen molar-refractivity contribution in [3.05, 3.63) is 34.9 Å². The third kappa shape index (κ3) is 1.55. The second kappa shape index (κ2) is 3.44. The van der Waals surface area contributed by atoms with Crippen LogP contribution < -0.4 is 0 Å². The van der Waals surface area contributed by atoms with Crippen molar-refractivity contribution in [3.63, 3.8) is 0 Å². The maximum Gasteiger partial charge on any atom is 0.159 e. The first-order valence-electron chi connectivity index (χ1n) is 6.35. The summed E-state index contributed by atoms with van der Waals surface area (Å²) in [6.45, 7) is 13.1. The molecule has 1 nitrogen and oxygen atoms in total. The Kier molecular flexibility index (Phi) is 2.50. The molecule has 0 radical (unpaired) electrons. The zero-order chi connectivity index (χ0) is 13.0. The second-order valence-corrected chi connectivity index (χ2v) is 6.48. The van der Waals surface area contributed by atoms with Crippen molar-refractivity contribution in [1.29, 1.82) is 0 Å². The lowest BCUT2D eigenvalue weighted by Crippen LogP contribution is -2.30. The van der Waals surface area contributed by atoms with E-state index in [4.69, 9.17) is 0 Å². The van der Waals surface area contributed by atoms with Crippen molar-refractivity contribution >= 4 is 5.78 Å². The van der Waals surface area contributed by atoms with Crippen molar-refractivity contribution in [3.8, 4) is 0 Å². The lowest BCUT2D eigenvalue weighted by atomic mass is 9.71. The van der Waals surface area contributed by atoms with Crippen LogP contribution in [0.3, 0.4) is 0 Å². The minimum absolute atomic E-state index is 0.143. The zero-order valence-corrected chi connectivity index (χ0v) is 11.7. The van der Waals surface area contributed by atoms with Crippen LogP contribution in [0.4, 0.5) is 0 Å². The lowest BCUT2D eigenvalue weighted by Gasteiger charge is -2.32. The zero-order valence-electron chi connectivity index (χ0n) is 11.7. The Morgan fingerprint density at radius 3 is 2.12 bits per heavy atom. The first-order valence-corrected chi connectivity index (χ1v) is 6.35. The number of hydrogen-bond acceptors (Lipinski definition) is 1. The Hall–Kier alpha value is -1.11. The van der Waals surface area contributed by atoms with E-state index >= 15 is 0 Å². The molecule has 1 aromatic carbocycles. The molecule has 0 saturated heterocycles. The van der Waals surface area contributed by atoms with Crippen molar-refractivity contribution in [2.75, 3.05) is 0 Å². The van der Waals surface area contributed by atoms with Gasteiger partial charge in [-0.15, -0.1) is 0 Å². The molecule has 1 aliphatic rings. The van der Waals surface area contributed by atoms with Crippen LogP contribution in [0.5, 0.6) is 0 Å². The molecule has 0 bridgehead atoms. The van der Waals surface area contributed by atoms with Gasteiger partial charge in [-0.25, -0.2) is 0 Å². The van der Waals surface area contributed by atoms with Crippen LogP contribution in [0.2, 0.25) is 0 Å². The van der Waals surface area contributed by atoms with E-state index in [0.717, 1.165) is 5.56 Å². The van der Waals surface area contributed by atoms with Gasteiger partial charge in [0.25, 0.3) is 0 Å². The third-order valence-electron chi connectivity index (χ3n) is 4.98. The SMILES string of the molecule is CC(=O)c1ccc2c(c1)C(C)(C)[C@H](C)C2(C)C. The number of fused-ring (bicyclic) bond motifs is 1. The minimum atomic E-state index is 0.143. The predicted octanol–water partition coefficient (Wildman–Crippen LogP) is 4.09. The Bertz CT molecular complexity index is 480. The molecule has 0 heterocycles. The highest BCUT2D eigenvalue weighted by molar-refractivity contribution is 5.94. The first-order chi connectivity index (χ1) is 7.69. The van der Waals surface area contributed by atoms with E-state index in [1.165, 1.54) is 11.1 Å². The standard InChI is InChI=1S/C16H22O/c1-10(17)12-7-8-13-14(9-12)16(5,6)11(2)15(13,3)4/h7-9,11H,1-6H3/t11-/m1/s1. The fourth-order valence-corrected chi connectivity index (χ4v) is 3.23. The highest BCUT2D eigenvalue weighted by Gasteiger charge is 2.48. The summed E-state index contributed by atoms with van der Waals surface area (Å²) in [6.07, 6.45) is 0. The number of hydrogen-bond donors (Lipinski definition) is 0. The van der Waals surface area contributed by atoms with Crippen LogP contribution in [0.25, 0.3) is 0 Å². The van der Waals surface area contributed by atoms with Gasteiger partial charge in [0.15, 0.2) is 5.78 Å². The molecule has 0 amide bonds. The summed E-state index contributed by atoms with van der Waals surface area (Å²) in [5.41, 5.74) is 3.92. The van der Waals surface area contributed by atoms with E-state index in [0.29, 0.717) is 5.92 Å². The molecule has 0 saturated carbocycles. The maximum atomic E-state index is 11.5. The molecule has 2 rings (SSSR count). The van der Waals surface area contributed by atoms with Crippen LogP contribution in [0.1, 0.15) is 63.0 Å². The third-order valence-corrected chi connectivity index (χ3v) is 4.98. The summed E-state index contributed by atoms with van der Waals surface area (Å²) in [5, 5.41) is 0. The van der Waals surface area contributed by atoms with Crippen LogP contribution in [0, 0.1) is 5.92 Å². The molecule has 92 valence electrons. The molecule has 0 N–H and O–H groups in total. The summed E-state index contributed by atoms with van der Waals surface area (Å²) in [4.78, 5) is 11.5. The van der Waals surface area contributed by atoms with E-state index in [-0.39, 0.29) is 16.6 Å². The van der Waals surface area contributed by atoms with E-state index in [1.54, 1.807) is 6.92 Å². The number of Topliss-reactive ketones (excluding diaryl/α,β-unsaturated/α-hetero) is 1. The highest BCUT2D eigenvalue weighted by atomic mass is 16.1. The Morgan fingerprint density at radius 2 is 1.59 bits per heavy atom. The summed E-state index contributed by atoms with van der Waals surface area (Å²) < 4.78 is 0. The molecule has 0 unspecified atom stereocenters. The Balaban J connectivity index is 2.68. The van der Waals surface area contributed by atoms with Crippen molar-refractivity contribution in [2.24, 2.45) is 5.92 Å². The molecule has 17 heavy (non-hydrogen) atoms. The molecule has 0 fully saturated rings. The van der Waals surface area contributed by atoms with Crippen molar-refractivity contribution in [1.82, 2.24) is 0 Å². The molecule has 1 aliphatic carbocycles. The van der Waals surface area contributed by atoms with Crippen molar-refractivity contribution in [2.45, 2.75) is 52.4 Å². The number of rotatable bonds is 1. The quantitative estimate of drug-likeness (QED) is 0.664. The number of carbonyl (C=O) groups excluding carboxylic acids is 1. The van der Waals surface area contributed by atoms with Gasteiger partial charge in [0.1, 0.15) is 0 Å². The fraction of sp³-hybridized carbons (Fsp3) is 0.562. The lowest BCUT2D eigenvalue weighted by molar-refractivity contribution is 0.101. The Morgan fingerprint density at radius 1 is 1.06 bits per heavy atom. The normalized spacial score (nSPS) is 24.5. The topological polar surface area (TPSA) is 17.1 Å². The molecule has 0 aromatic heterocycles. The van der Waals surface area contributed by atoms with Gasteiger partial charge in [-0.05, 0) is 40.9 Å². The molecule has 0 aliphatic heterocycles. The smallest absolute Gasteiger partial charge is 0.159 e. The number of carbonyl (C=O) groups is 1. The summed E-state index contributed by atoms with van der Waals surface area (Å²) in [5.74, 6) is 0.730. The predicted molar refractivity (Wildman–Crippen MR) is 71.7 cm³/mol. The summed E-state index contributed by atoms with van der Waals surface area (Å²) in [6, 6.07) is 6.22. The van der Waals surface area contributed by atoms with Gasteiger partial charge in [0, 0.05) is 5.56 Å². The molecule has 1 aromatic rings. The second-order valence-electron chi connectivity index (χ2n) is 6.48. The number of ketones is 1. The van der Waals surface area contributed by atoms with E-state index in [9.17, 15) is 4.79 Å². The molecule has 1 atom stereocenters. The number of benzene rings is 1. The van der Waals surface area contributed by atoms with Gasteiger partial charge in [-0.1, -0.05) is 46.8 Å². The first kappa shape index (κ1) is 12.3. The van der Waals surface area contributed by atoms with E-state index in [2.05, 4.69) is 46.8 Å². The van der Waals surface area contributed by atoms with Gasteiger partial charge in [0.05, 0.1) is 0 Å².